The second kappa shape index (κ2) is 3.76. The zero-order valence-electron chi connectivity index (χ0n) is 7.74. The summed E-state index contributed by atoms with van der Waals surface area (Å²) in [5.74, 6) is 2.85. The van der Waals surface area contributed by atoms with Crippen molar-refractivity contribution < 1.29 is 4.74 Å². The van der Waals surface area contributed by atoms with Crippen molar-refractivity contribution in [2.45, 2.75) is 18.4 Å². The monoisotopic (exact) mass is 254 g/mol. The highest BCUT2D eigenvalue weighted by atomic mass is 79.9. The normalized spacial score (nSPS) is 20.3. The highest BCUT2D eigenvalue weighted by Crippen LogP contribution is 2.28. The molecule has 1 fully saturated rings. The highest BCUT2D eigenvalue weighted by molar-refractivity contribution is 9.10. The number of aromatic nitrogens is 2. The summed E-state index contributed by atoms with van der Waals surface area (Å²) in [7, 11) is 0. The Morgan fingerprint density at radius 3 is 2.79 bits per heavy atom. The fraction of sp³-hybridized carbons (Fsp3) is 0.500. The number of terminal acetylenes is 1. The van der Waals surface area contributed by atoms with Crippen molar-refractivity contribution in [3.63, 3.8) is 0 Å². The summed E-state index contributed by atoms with van der Waals surface area (Å²) in [6.45, 7) is 1.42. The zero-order chi connectivity index (χ0) is 10.0. The van der Waals surface area contributed by atoms with Gasteiger partial charge in [-0.05, 0) is 15.9 Å². The summed E-state index contributed by atoms with van der Waals surface area (Å²) in [5, 5.41) is 4.25. The van der Waals surface area contributed by atoms with Gasteiger partial charge in [0.15, 0.2) is 0 Å². The Morgan fingerprint density at radius 2 is 2.29 bits per heavy atom. The van der Waals surface area contributed by atoms with Crippen molar-refractivity contribution in [2.24, 2.45) is 0 Å². The van der Waals surface area contributed by atoms with E-state index in [4.69, 9.17) is 11.2 Å². The maximum Gasteiger partial charge on any atom is 0.127 e. The van der Waals surface area contributed by atoms with Crippen molar-refractivity contribution >= 4 is 15.9 Å². The molecule has 0 bridgehead atoms. The van der Waals surface area contributed by atoms with Crippen LogP contribution in [0.2, 0.25) is 0 Å². The second-order valence-electron chi connectivity index (χ2n) is 3.39. The molecule has 0 amide bonds. The first-order chi connectivity index (χ1) is 6.77. The SMILES string of the molecule is C#CC1(n2cc(Br)cn2)CCOCC1. The van der Waals surface area contributed by atoms with Gasteiger partial charge < -0.3 is 4.74 Å². The maximum absolute atomic E-state index is 5.60. The van der Waals surface area contributed by atoms with E-state index < -0.39 is 0 Å². The van der Waals surface area contributed by atoms with Crippen LogP contribution in [-0.4, -0.2) is 23.0 Å². The van der Waals surface area contributed by atoms with Crippen molar-refractivity contribution in [3.05, 3.63) is 16.9 Å². The van der Waals surface area contributed by atoms with Gasteiger partial charge in [0.1, 0.15) is 5.54 Å². The molecule has 1 aliphatic rings. The van der Waals surface area contributed by atoms with Crippen molar-refractivity contribution in [1.82, 2.24) is 9.78 Å². The maximum atomic E-state index is 5.60. The summed E-state index contributed by atoms with van der Waals surface area (Å²) in [5.41, 5.74) is -0.287. The van der Waals surface area contributed by atoms with Crippen LogP contribution in [0.5, 0.6) is 0 Å². The quantitative estimate of drug-likeness (QED) is 0.715. The van der Waals surface area contributed by atoms with Gasteiger partial charge in [0, 0.05) is 32.3 Å². The minimum atomic E-state index is -0.287. The lowest BCUT2D eigenvalue weighted by atomic mass is 9.91. The Labute approximate surface area is 91.6 Å². The standard InChI is InChI=1S/C10H11BrN2O/c1-2-10(3-5-14-6-4-10)13-8-9(11)7-12-13/h1,7-8H,3-6H2. The average molecular weight is 255 g/mol. The average Bonchev–Trinajstić information content (AvgIpc) is 2.66. The van der Waals surface area contributed by atoms with Crippen LogP contribution in [0.3, 0.4) is 0 Å². The summed E-state index contributed by atoms with van der Waals surface area (Å²) >= 11 is 3.37. The third-order valence-electron chi connectivity index (χ3n) is 2.58. The third-order valence-corrected chi connectivity index (χ3v) is 2.99. The van der Waals surface area contributed by atoms with E-state index in [1.807, 2.05) is 10.9 Å². The molecule has 1 saturated heterocycles. The molecule has 2 heterocycles. The molecule has 2 rings (SSSR count). The number of halogens is 1. The van der Waals surface area contributed by atoms with Crippen LogP contribution in [-0.2, 0) is 10.3 Å². The molecule has 14 heavy (non-hydrogen) atoms. The van der Waals surface area contributed by atoms with Crippen LogP contribution < -0.4 is 0 Å². The van der Waals surface area contributed by atoms with Gasteiger partial charge in [0.25, 0.3) is 0 Å². The number of hydrogen-bond donors (Lipinski definition) is 0. The fourth-order valence-electron chi connectivity index (χ4n) is 1.68. The lowest BCUT2D eigenvalue weighted by molar-refractivity contribution is 0.0411. The molecule has 0 spiro atoms. The Hall–Kier alpha value is -0.790. The Balaban J connectivity index is 2.32. The van der Waals surface area contributed by atoms with Gasteiger partial charge in [-0.3, -0.25) is 4.68 Å². The van der Waals surface area contributed by atoms with E-state index in [0.29, 0.717) is 13.2 Å². The topological polar surface area (TPSA) is 27.1 Å². The first-order valence-corrected chi connectivity index (χ1v) is 5.32. The summed E-state index contributed by atoms with van der Waals surface area (Å²) in [6.07, 6.45) is 10.9. The smallest absolute Gasteiger partial charge is 0.127 e. The molecular formula is C10H11BrN2O. The van der Waals surface area contributed by atoms with E-state index in [2.05, 4.69) is 26.9 Å². The number of nitrogens with zero attached hydrogens (tertiary/aromatic N) is 2. The predicted octanol–water partition coefficient (Wildman–Crippen LogP) is 1.78. The number of rotatable bonds is 1. The number of hydrogen-bond acceptors (Lipinski definition) is 2. The molecule has 4 heteroatoms. The van der Waals surface area contributed by atoms with Crippen LogP contribution in [0.25, 0.3) is 0 Å². The van der Waals surface area contributed by atoms with E-state index in [9.17, 15) is 0 Å². The Kier molecular flexibility index (Phi) is 2.62. The van der Waals surface area contributed by atoms with E-state index >= 15 is 0 Å². The zero-order valence-corrected chi connectivity index (χ0v) is 9.33. The predicted molar refractivity (Wildman–Crippen MR) is 56.8 cm³/mol. The molecule has 1 aromatic rings. The van der Waals surface area contributed by atoms with Crippen LogP contribution in [0.15, 0.2) is 16.9 Å². The lowest BCUT2D eigenvalue weighted by Gasteiger charge is -2.32. The summed E-state index contributed by atoms with van der Waals surface area (Å²) in [4.78, 5) is 0. The molecule has 0 saturated carbocycles. The molecule has 0 unspecified atom stereocenters. The van der Waals surface area contributed by atoms with E-state index in [-0.39, 0.29) is 5.54 Å². The Morgan fingerprint density at radius 1 is 1.57 bits per heavy atom. The van der Waals surface area contributed by atoms with Gasteiger partial charge in [0.2, 0.25) is 0 Å². The molecule has 1 aromatic heterocycles. The molecule has 0 atom stereocenters. The van der Waals surface area contributed by atoms with E-state index in [1.165, 1.54) is 0 Å². The molecule has 0 aliphatic carbocycles. The van der Waals surface area contributed by atoms with Gasteiger partial charge in [-0.15, -0.1) is 6.42 Å². The molecule has 0 aromatic carbocycles. The Bertz CT molecular complexity index is 360. The first kappa shape index (κ1) is 9.75. The number of ether oxygens (including phenoxy) is 1. The van der Waals surface area contributed by atoms with Crippen molar-refractivity contribution in [1.29, 1.82) is 0 Å². The lowest BCUT2D eigenvalue weighted by Crippen LogP contribution is -2.38. The highest BCUT2D eigenvalue weighted by Gasteiger charge is 2.33. The van der Waals surface area contributed by atoms with Gasteiger partial charge in [-0.25, -0.2) is 0 Å². The van der Waals surface area contributed by atoms with Gasteiger partial charge in [-0.2, -0.15) is 5.10 Å². The molecule has 74 valence electrons. The van der Waals surface area contributed by atoms with E-state index in [1.54, 1.807) is 6.20 Å². The molecular weight excluding hydrogens is 244 g/mol. The third kappa shape index (κ3) is 1.58. The summed E-state index contributed by atoms with van der Waals surface area (Å²) < 4.78 is 8.12. The van der Waals surface area contributed by atoms with Crippen molar-refractivity contribution in [2.75, 3.05) is 13.2 Å². The molecule has 0 N–H and O–H groups in total. The second-order valence-corrected chi connectivity index (χ2v) is 4.31. The van der Waals surface area contributed by atoms with E-state index in [0.717, 1.165) is 17.3 Å². The minimum Gasteiger partial charge on any atom is -0.381 e. The van der Waals surface area contributed by atoms with Crippen LogP contribution in [0.4, 0.5) is 0 Å². The van der Waals surface area contributed by atoms with Gasteiger partial charge >= 0.3 is 0 Å². The largest absolute Gasteiger partial charge is 0.381 e. The molecule has 0 radical (unpaired) electrons. The van der Waals surface area contributed by atoms with Gasteiger partial charge in [0.05, 0.1) is 10.7 Å². The van der Waals surface area contributed by atoms with Crippen LogP contribution in [0.1, 0.15) is 12.8 Å². The van der Waals surface area contributed by atoms with Crippen LogP contribution >= 0.6 is 15.9 Å². The fourth-order valence-corrected chi connectivity index (χ4v) is 1.97. The summed E-state index contributed by atoms with van der Waals surface area (Å²) in [6, 6.07) is 0. The minimum absolute atomic E-state index is 0.287. The van der Waals surface area contributed by atoms with Crippen LogP contribution in [0, 0.1) is 12.3 Å². The molecule has 1 aliphatic heterocycles. The van der Waals surface area contributed by atoms with Crippen molar-refractivity contribution in [3.8, 4) is 12.3 Å². The molecule has 3 nitrogen and oxygen atoms in total. The van der Waals surface area contributed by atoms with Gasteiger partial charge in [-0.1, -0.05) is 5.92 Å². The first-order valence-electron chi connectivity index (χ1n) is 4.53.